The van der Waals surface area contributed by atoms with E-state index in [9.17, 15) is 32.4 Å². The lowest BCUT2D eigenvalue weighted by Gasteiger charge is -2.25. The molecule has 0 fully saturated rings. The molecule has 4 aromatic carbocycles. The number of primary sulfonamides is 1. The molecule has 0 aliphatic heterocycles. The van der Waals surface area contributed by atoms with Gasteiger partial charge in [0.2, 0.25) is 27.7 Å². The minimum atomic E-state index is -3.80. The Morgan fingerprint density at radius 2 is 1.22 bits per heavy atom. The number of rotatable bonds is 19. The standard InChI is InChI=1S/C43H49N5O9S/c1-27(2)22-37(40(44)50)46-42(52)38(23-28-16-18-30(19-17-28)26-58(45,54)55)47-41(51)36(20-21-39(49)56-24-29-10-4-3-5-11-29)48-43(53)57-25-35-33-14-8-6-12-31(33)32-13-7-9-15-34(32)35/h3-19,27,35-38H,20-26H2,1-2H3,(H2,44,50)(H,46,52)(H,47,51)(H,48,53)(H2,45,54,55)/t36-,37-,38-/m0/s1. The number of primary amides is 1. The van der Waals surface area contributed by atoms with Crippen LogP contribution in [0.4, 0.5) is 4.79 Å². The molecular formula is C43H49N5O9S. The number of hydrogen-bond donors (Lipinski definition) is 5. The van der Waals surface area contributed by atoms with Gasteiger partial charge in [0.1, 0.15) is 31.3 Å². The van der Waals surface area contributed by atoms with Crippen LogP contribution in [0.5, 0.6) is 0 Å². The minimum absolute atomic E-state index is 0.00595. The maximum Gasteiger partial charge on any atom is 0.407 e. The second-order valence-electron chi connectivity index (χ2n) is 14.7. The van der Waals surface area contributed by atoms with E-state index in [2.05, 4.69) is 16.0 Å². The number of esters is 1. The van der Waals surface area contributed by atoms with E-state index in [4.69, 9.17) is 20.3 Å². The third kappa shape index (κ3) is 12.5. The molecule has 0 heterocycles. The molecule has 0 aromatic heterocycles. The van der Waals surface area contributed by atoms with Crippen LogP contribution in [0.3, 0.4) is 0 Å². The van der Waals surface area contributed by atoms with Gasteiger partial charge in [0, 0.05) is 18.8 Å². The highest BCUT2D eigenvalue weighted by Crippen LogP contribution is 2.44. The van der Waals surface area contributed by atoms with E-state index in [1.165, 1.54) is 12.1 Å². The number of alkyl carbamates (subject to hydrolysis) is 1. The van der Waals surface area contributed by atoms with E-state index in [1.54, 1.807) is 24.3 Å². The number of carbonyl (C=O) groups excluding carboxylic acids is 5. The molecule has 5 rings (SSSR count). The molecule has 3 atom stereocenters. The van der Waals surface area contributed by atoms with Crippen LogP contribution < -0.4 is 26.8 Å². The lowest BCUT2D eigenvalue weighted by atomic mass is 9.98. The molecular weight excluding hydrogens is 763 g/mol. The largest absolute Gasteiger partial charge is 0.461 e. The number of amides is 4. The molecule has 1 aliphatic carbocycles. The summed E-state index contributed by atoms with van der Waals surface area (Å²) in [5, 5.41) is 13.1. The molecule has 306 valence electrons. The Bertz CT molecular complexity index is 2150. The second kappa shape index (κ2) is 19.9. The molecule has 0 saturated carbocycles. The van der Waals surface area contributed by atoms with Crippen LogP contribution in [0.1, 0.15) is 66.8 Å². The highest BCUT2D eigenvalue weighted by molar-refractivity contribution is 7.88. The fraction of sp³-hybridized carbons (Fsp3) is 0.326. The Hall–Kier alpha value is -6.06. The van der Waals surface area contributed by atoms with Crippen molar-refractivity contribution in [1.29, 1.82) is 0 Å². The number of fused-ring (bicyclic) bond motifs is 3. The number of carbonyl (C=O) groups is 5. The minimum Gasteiger partial charge on any atom is -0.461 e. The molecule has 4 aromatic rings. The maximum absolute atomic E-state index is 14.1. The van der Waals surface area contributed by atoms with E-state index >= 15 is 0 Å². The first-order chi connectivity index (χ1) is 27.7. The van der Waals surface area contributed by atoms with Crippen LogP contribution in [0.2, 0.25) is 0 Å². The number of ether oxygens (including phenoxy) is 2. The van der Waals surface area contributed by atoms with Crippen molar-refractivity contribution in [2.24, 2.45) is 16.8 Å². The second-order valence-corrected chi connectivity index (χ2v) is 16.3. The van der Waals surface area contributed by atoms with Gasteiger partial charge >= 0.3 is 12.1 Å². The summed E-state index contributed by atoms with van der Waals surface area (Å²) < 4.78 is 34.4. The van der Waals surface area contributed by atoms with E-state index in [1.807, 2.05) is 80.6 Å². The van der Waals surface area contributed by atoms with Crippen molar-refractivity contribution < 1.29 is 41.9 Å². The van der Waals surface area contributed by atoms with E-state index in [0.717, 1.165) is 27.8 Å². The Balaban J connectivity index is 1.34. The Morgan fingerprint density at radius 3 is 1.81 bits per heavy atom. The van der Waals surface area contributed by atoms with Crippen LogP contribution in [-0.2, 0) is 57.5 Å². The number of sulfonamides is 1. The molecule has 14 nitrogen and oxygen atoms in total. The van der Waals surface area contributed by atoms with Gasteiger partial charge in [-0.2, -0.15) is 0 Å². The van der Waals surface area contributed by atoms with Gasteiger partial charge < -0.3 is 31.2 Å². The number of hydrogen-bond acceptors (Lipinski definition) is 9. The monoisotopic (exact) mass is 811 g/mol. The third-order valence-corrected chi connectivity index (χ3v) is 10.4. The molecule has 0 bridgehead atoms. The average Bonchev–Trinajstić information content (AvgIpc) is 3.51. The first kappa shape index (κ1) is 43.1. The fourth-order valence-electron chi connectivity index (χ4n) is 6.83. The van der Waals surface area contributed by atoms with Crippen LogP contribution >= 0.6 is 0 Å². The van der Waals surface area contributed by atoms with Gasteiger partial charge in [-0.25, -0.2) is 18.4 Å². The van der Waals surface area contributed by atoms with Crippen molar-refractivity contribution in [1.82, 2.24) is 16.0 Å². The van der Waals surface area contributed by atoms with Gasteiger partial charge in [-0.15, -0.1) is 0 Å². The molecule has 1 aliphatic rings. The molecule has 0 spiro atoms. The van der Waals surface area contributed by atoms with E-state index < -0.39 is 63.7 Å². The quantitative estimate of drug-likeness (QED) is 0.0864. The highest BCUT2D eigenvalue weighted by atomic mass is 32.2. The summed E-state index contributed by atoms with van der Waals surface area (Å²) >= 11 is 0. The highest BCUT2D eigenvalue weighted by Gasteiger charge is 2.32. The third-order valence-electron chi connectivity index (χ3n) is 9.66. The van der Waals surface area contributed by atoms with Gasteiger partial charge in [-0.3, -0.25) is 19.2 Å². The van der Waals surface area contributed by atoms with E-state index in [-0.39, 0.29) is 50.7 Å². The van der Waals surface area contributed by atoms with Gasteiger partial charge in [-0.05, 0) is 57.7 Å². The Labute approximate surface area is 338 Å². The zero-order chi connectivity index (χ0) is 41.8. The Morgan fingerprint density at radius 1 is 0.672 bits per heavy atom. The van der Waals surface area contributed by atoms with Crippen molar-refractivity contribution in [2.75, 3.05) is 6.61 Å². The van der Waals surface area contributed by atoms with Crippen molar-refractivity contribution in [3.8, 4) is 11.1 Å². The summed E-state index contributed by atoms with van der Waals surface area (Å²) in [7, 11) is -3.80. The number of nitrogens with one attached hydrogen (secondary N) is 3. The van der Waals surface area contributed by atoms with Crippen LogP contribution in [0, 0.1) is 5.92 Å². The maximum atomic E-state index is 14.1. The first-order valence-corrected chi connectivity index (χ1v) is 20.7. The normalized spacial score (nSPS) is 13.7. The summed E-state index contributed by atoms with van der Waals surface area (Å²) in [6.07, 6.45) is -1.26. The van der Waals surface area contributed by atoms with Crippen molar-refractivity contribution in [2.45, 2.75) is 75.9 Å². The molecule has 0 saturated heterocycles. The lowest BCUT2D eigenvalue weighted by Crippen LogP contribution is -2.57. The van der Waals surface area contributed by atoms with Crippen LogP contribution in [0.25, 0.3) is 11.1 Å². The van der Waals surface area contributed by atoms with E-state index in [0.29, 0.717) is 11.1 Å². The summed E-state index contributed by atoms with van der Waals surface area (Å²) in [5.74, 6) is -3.59. The summed E-state index contributed by atoms with van der Waals surface area (Å²) in [6, 6.07) is 27.2. The average molecular weight is 812 g/mol. The van der Waals surface area contributed by atoms with Crippen molar-refractivity contribution in [3.05, 3.63) is 131 Å². The van der Waals surface area contributed by atoms with Crippen LogP contribution in [0.15, 0.2) is 103 Å². The van der Waals surface area contributed by atoms with Gasteiger partial charge in [0.05, 0.1) is 5.75 Å². The van der Waals surface area contributed by atoms with Crippen molar-refractivity contribution >= 4 is 39.8 Å². The van der Waals surface area contributed by atoms with Gasteiger partial charge in [0.15, 0.2) is 0 Å². The topological polar surface area (TPSA) is 226 Å². The smallest absolute Gasteiger partial charge is 0.407 e. The summed E-state index contributed by atoms with van der Waals surface area (Å²) in [4.78, 5) is 66.5. The predicted octanol–water partition coefficient (Wildman–Crippen LogP) is 3.95. The summed E-state index contributed by atoms with van der Waals surface area (Å²) in [6.45, 7) is 3.68. The molecule has 58 heavy (non-hydrogen) atoms. The molecule has 4 amide bonds. The zero-order valence-electron chi connectivity index (χ0n) is 32.4. The van der Waals surface area contributed by atoms with Gasteiger partial charge in [0.25, 0.3) is 0 Å². The Kier molecular flexibility index (Phi) is 14.8. The fourth-order valence-corrected chi connectivity index (χ4v) is 7.49. The number of benzene rings is 4. The molecule has 15 heteroatoms. The zero-order valence-corrected chi connectivity index (χ0v) is 33.2. The first-order valence-electron chi connectivity index (χ1n) is 19.0. The summed E-state index contributed by atoms with van der Waals surface area (Å²) in [5.41, 5.74) is 11.4. The predicted molar refractivity (Wildman–Crippen MR) is 217 cm³/mol. The molecule has 7 N–H and O–H groups in total. The van der Waals surface area contributed by atoms with Crippen LogP contribution in [-0.4, -0.2) is 62.9 Å². The lowest BCUT2D eigenvalue weighted by molar-refractivity contribution is -0.145. The SMILES string of the molecule is CC(C)C[C@H](NC(=O)[C@H](Cc1ccc(CS(N)(=O)=O)cc1)NC(=O)[C@H](CCC(=O)OCc1ccccc1)NC(=O)OCC1c2ccccc2-c2ccccc21)C(N)=O. The van der Waals surface area contributed by atoms with Gasteiger partial charge in [-0.1, -0.05) is 117 Å². The number of nitrogens with two attached hydrogens (primary N) is 2. The molecule has 0 radical (unpaired) electrons. The van der Waals surface area contributed by atoms with Crippen molar-refractivity contribution in [3.63, 3.8) is 0 Å². The molecule has 0 unspecified atom stereocenters.